The Kier molecular flexibility index (Phi) is 6.14. The number of nitrogens with zero attached hydrogens (tertiary/aromatic N) is 2. The quantitative estimate of drug-likeness (QED) is 0.409. The van der Waals surface area contributed by atoms with Crippen molar-refractivity contribution in [3.63, 3.8) is 0 Å². The van der Waals surface area contributed by atoms with E-state index in [0.717, 1.165) is 23.5 Å². The Morgan fingerprint density at radius 3 is 2.58 bits per heavy atom. The van der Waals surface area contributed by atoms with Gasteiger partial charge in [0.1, 0.15) is 0 Å². The third kappa shape index (κ3) is 5.12. The molecule has 0 amide bonds. The van der Waals surface area contributed by atoms with Crippen LogP contribution in [0.2, 0.25) is 0 Å². The highest BCUT2D eigenvalue weighted by molar-refractivity contribution is 8.01. The molecule has 2 rings (SSSR count). The Bertz CT molecular complexity index is 855. The summed E-state index contributed by atoms with van der Waals surface area (Å²) in [4.78, 5) is 39.4. The lowest BCUT2D eigenvalue weighted by Gasteiger charge is -2.16. The molecule has 0 fully saturated rings. The second-order valence-electron chi connectivity index (χ2n) is 6.55. The highest BCUT2D eigenvalue weighted by Gasteiger charge is 2.24. The zero-order valence-corrected chi connectivity index (χ0v) is 16.4. The Labute approximate surface area is 158 Å². The number of carbonyl (C=O) groups is 2. The van der Waals surface area contributed by atoms with E-state index in [1.165, 1.54) is 23.5 Å². The zero-order chi connectivity index (χ0) is 19.5. The SMILES string of the molecule is Cc1csc(Sc2ccc(C(=O)OCC(=O)C(C)(C)C)cc2[N+](=O)[O-])n1. The molecule has 0 saturated heterocycles. The van der Waals surface area contributed by atoms with E-state index in [2.05, 4.69) is 4.98 Å². The van der Waals surface area contributed by atoms with Gasteiger partial charge in [-0.15, -0.1) is 11.3 Å². The maximum atomic E-state index is 12.1. The van der Waals surface area contributed by atoms with E-state index < -0.39 is 16.3 Å². The molecule has 1 aromatic heterocycles. The topological polar surface area (TPSA) is 99.4 Å². The summed E-state index contributed by atoms with van der Waals surface area (Å²) in [6.45, 7) is 6.64. The molecule has 0 radical (unpaired) electrons. The van der Waals surface area contributed by atoms with Crippen LogP contribution >= 0.6 is 23.1 Å². The molecule has 0 spiro atoms. The molecule has 0 N–H and O–H groups in total. The minimum Gasteiger partial charge on any atom is -0.454 e. The van der Waals surface area contributed by atoms with Crippen LogP contribution in [0.1, 0.15) is 36.8 Å². The zero-order valence-electron chi connectivity index (χ0n) is 14.8. The molecule has 0 aliphatic rings. The molecule has 2 aromatic rings. The van der Waals surface area contributed by atoms with Gasteiger partial charge < -0.3 is 4.74 Å². The van der Waals surface area contributed by atoms with Gasteiger partial charge in [0.2, 0.25) is 0 Å². The summed E-state index contributed by atoms with van der Waals surface area (Å²) in [5.41, 5.74) is 0.0277. The van der Waals surface area contributed by atoms with Gasteiger partial charge in [0, 0.05) is 22.6 Å². The lowest BCUT2D eigenvalue weighted by atomic mass is 9.91. The highest BCUT2D eigenvalue weighted by atomic mass is 32.2. The van der Waals surface area contributed by atoms with Gasteiger partial charge in [0.05, 0.1) is 15.4 Å². The van der Waals surface area contributed by atoms with Crippen molar-refractivity contribution in [2.45, 2.75) is 36.9 Å². The van der Waals surface area contributed by atoms with Crippen LogP contribution in [0.3, 0.4) is 0 Å². The van der Waals surface area contributed by atoms with Crippen molar-refractivity contribution in [1.29, 1.82) is 0 Å². The number of carbonyl (C=O) groups excluding carboxylic acids is 2. The third-order valence-electron chi connectivity index (χ3n) is 3.36. The smallest absolute Gasteiger partial charge is 0.338 e. The number of aromatic nitrogens is 1. The first-order chi connectivity index (χ1) is 12.1. The van der Waals surface area contributed by atoms with E-state index >= 15 is 0 Å². The van der Waals surface area contributed by atoms with E-state index in [9.17, 15) is 19.7 Å². The first-order valence-corrected chi connectivity index (χ1v) is 9.36. The number of ketones is 1. The number of rotatable bonds is 6. The monoisotopic (exact) mass is 394 g/mol. The van der Waals surface area contributed by atoms with Crippen molar-refractivity contribution < 1.29 is 19.2 Å². The molecular weight excluding hydrogens is 376 g/mol. The first-order valence-electron chi connectivity index (χ1n) is 7.67. The molecule has 1 heterocycles. The van der Waals surface area contributed by atoms with Crippen LogP contribution in [-0.4, -0.2) is 28.3 Å². The number of aryl methyl sites for hydroxylation is 1. The Morgan fingerprint density at radius 1 is 1.35 bits per heavy atom. The molecule has 9 heteroatoms. The summed E-state index contributed by atoms with van der Waals surface area (Å²) < 4.78 is 5.66. The molecule has 7 nitrogen and oxygen atoms in total. The van der Waals surface area contributed by atoms with E-state index in [1.54, 1.807) is 20.8 Å². The predicted molar refractivity (Wildman–Crippen MR) is 98.8 cm³/mol. The standard InChI is InChI=1S/C17H18N2O5S2/c1-10-9-25-16(18-10)26-13-6-5-11(7-12(13)19(22)23)15(21)24-8-14(20)17(2,3)4/h5-7,9H,8H2,1-4H3. The van der Waals surface area contributed by atoms with Crippen LogP contribution in [0, 0.1) is 22.5 Å². The fourth-order valence-corrected chi connectivity index (χ4v) is 3.66. The molecule has 1 aromatic carbocycles. The fourth-order valence-electron chi connectivity index (χ4n) is 1.78. The second kappa shape index (κ2) is 7.96. The Balaban J connectivity index is 2.18. The van der Waals surface area contributed by atoms with Crippen molar-refractivity contribution in [2.24, 2.45) is 5.41 Å². The minimum absolute atomic E-state index is 0.0260. The Morgan fingerprint density at radius 2 is 2.04 bits per heavy atom. The second-order valence-corrected chi connectivity index (χ2v) is 8.69. The van der Waals surface area contributed by atoms with Gasteiger partial charge >= 0.3 is 5.97 Å². The average molecular weight is 394 g/mol. The summed E-state index contributed by atoms with van der Waals surface area (Å²) in [5, 5.41) is 13.2. The summed E-state index contributed by atoms with van der Waals surface area (Å²) >= 11 is 2.55. The van der Waals surface area contributed by atoms with Crippen molar-refractivity contribution in [3.8, 4) is 0 Å². The molecular formula is C17H18N2O5S2. The highest BCUT2D eigenvalue weighted by Crippen LogP contribution is 2.36. The maximum Gasteiger partial charge on any atom is 0.338 e. The molecule has 26 heavy (non-hydrogen) atoms. The van der Waals surface area contributed by atoms with Crippen LogP contribution < -0.4 is 0 Å². The maximum absolute atomic E-state index is 12.1. The number of hydrogen-bond acceptors (Lipinski definition) is 8. The van der Waals surface area contributed by atoms with Crippen LogP contribution in [0.5, 0.6) is 0 Å². The van der Waals surface area contributed by atoms with Gasteiger partial charge in [-0.3, -0.25) is 14.9 Å². The molecule has 0 aliphatic carbocycles. The van der Waals surface area contributed by atoms with Gasteiger partial charge in [-0.2, -0.15) is 0 Å². The van der Waals surface area contributed by atoms with Crippen molar-refractivity contribution in [2.75, 3.05) is 6.61 Å². The van der Waals surface area contributed by atoms with Gasteiger partial charge in [-0.25, -0.2) is 9.78 Å². The predicted octanol–water partition coefficient (Wildman–Crippen LogP) is 4.28. The van der Waals surface area contributed by atoms with Crippen LogP contribution in [0.15, 0.2) is 32.8 Å². The van der Waals surface area contributed by atoms with Gasteiger partial charge in [0.15, 0.2) is 16.7 Å². The largest absolute Gasteiger partial charge is 0.454 e. The molecule has 0 bridgehead atoms. The number of benzene rings is 1. The van der Waals surface area contributed by atoms with E-state index in [-0.39, 0.29) is 23.6 Å². The van der Waals surface area contributed by atoms with E-state index in [0.29, 0.717) is 9.24 Å². The summed E-state index contributed by atoms with van der Waals surface area (Å²) in [6.07, 6.45) is 0. The number of hydrogen-bond donors (Lipinski definition) is 0. The summed E-state index contributed by atoms with van der Waals surface area (Å²) in [5.74, 6) is -1.00. The summed E-state index contributed by atoms with van der Waals surface area (Å²) in [7, 11) is 0. The number of Topliss-reactive ketones (excluding diaryl/α,β-unsaturated/α-hetero) is 1. The van der Waals surface area contributed by atoms with Crippen molar-refractivity contribution in [1.82, 2.24) is 4.98 Å². The lowest BCUT2D eigenvalue weighted by molar-refractivity contribution is -0.387. The lowest BCUT2D eigenvalue weighted by Crippen LogP contribution is -2.26. The number of nitro benzene ring substituents is 1. The van der Waals surface area contributed by atoms with Crippen LogP contribution in [-0.2, 0) is 9.53 Å². The molecule has 0 atom stereocenters. The number of thiazole rings is 1. The molecule has 0 unspecified atom stereocenters. The third-order valence-corrected chi connectivity index (χ3v) is 5.48. The van der Waals surface area contributed by atoms with E-state index in [4.69, 9.17) is 4.74 Å². The van der Waals surface area contributed by atoms with E-state index in [1.807, 2.05) is 12.3 Å². The normalized spacial score (nSPS) is 11.2. The van der Waals surface area contributed by atoms with Crippen molar-refractivity contribution >= 4 is 40.5 Å². The fraction of sp³-hybridized carbons (Fsp3) is 0.353. The number of ether oxygens (including phenoxy) is 1. The Hall–Kier alpha value is -2.26. The van der Waals surface area contributed by atoms with Crippen LogP contribution in [0.25, 0.3) is 0 Å². The number of nitro groups is 1. The van der Waals surface area contributed by atoms with Gasteiger partial charge in [-0.05, 0) is 19.1 Å². The average Bonchev–Trinajstić information content (AvgIpc) is 2.96. The molecule has 0 saturated carbocycles. The van der Waals surface area contributed by atoms with Gasteiger partial charge in [-0.1, -0.05) is 32.5 Å². The molecule has 0 aliphatic heterocycles. The van der Waals surface area contributed by atoms with Crippen LogP contribution in [0.4, 0.5) is 5.69 Å². The summed E-state index contributed by atoms with van der Waals surface area (Å²) in [6, 6.07) is 4.09. The first kappa shape index (κ1) is 20.1. The van der Waals surface area contributed by atoms with Crippen molar-refractivity contribution in [3.05, 3.63) is 45.0 Å². The minimum atomic E-state index is -0.771. The molecule has 138 valence electrons. The van der Waals surface area contributed by atoms with Gasteiger partial charge in [0.25, 0.3) is 5.69 Å². The number of esters is 1.